The van der Waals surface area contributed by atoms with E-state index in [-0.39, 0.29) is 5.97 Å². The molecule has 0 bridgehead atoms. The van der Waals surface area contributed by atoms with Gasteiger partial charge in [0.2, 0.25) is 0 Å². The second kappa shape index (κ2) is 10.3. The quantitative estimate of drug-likeness (QED) is 0.457. The van der Waals surface area contributed by atoms with Gasteiger partial charge in [-0.1, -0.05) is 0 Å². The number of carbonyl (C=O) groups excluding carboxylic acids is 1. The van der Waals surface area contributed by atoms with Gasteiger partial charge >= 0.3 is 5.97 Å². The minimum Gasteiger partial charge on any atom is -0.468 e. The third-order valence-electron chi connectivity index (χ3n) is 3.97. The van der Waals surface area contributed by atoms with Crippen molar-refractivity contribution in [2.45, 2.75) is 32.7 Å². The van der Waals surface area contributed by atoms with Crippen molar-refractivity contribution >= 4 is 23.3 Å². The van der Waals surface area contributed by atoms with Gasteiger partial charge in [0.1, 0.15) is 5.76 Å². The summed E-state index contributed by atoms with van der Waals surface area (Å²) in [5.41, 5.74) is 0. The largest absolute Gasteiger partial charge is 0.468 e. The molecule has 1 aromatic rings. The highest BCUT2D eigenvalue weighted by Gasteiger charge is 2.17. The topological polar surface area (TPSA) is 58.0 Å². The predicted octanol–water partition coefficient (Wildman–Crippen LogP) is 2.01. The standard InChI is InChI=1S/C17H27N3O3S/c1-2-22-16(21)7-3-8-18-17(24)20-10-5-9-19(11-12-20)14-15-6-4-13-23-15/h4,6,13H,2-3,5,7-12,14H2,1H3,(H,18,24). The molecular weight excluding hydrogens is 326 g/mol. The SMILES string of the molecule is CCOC(=O)CCCNC(=S)N1CCCN(Cc2ccco2)CC1. The summed E-state index contributed by atoms with van der Waals surface area (Å²) in [5.74, 6) is 0.858. The molecular formula is C17H27N3O3S. The normalized spacial score (nSPS) is 15.8. The Morgan fingerprint density at radius 2 is 2.25 bits per heavy atom. The van der Waals surface area contributed by atoms with Gasteiger partial charge < -0.3 is 19.4 Å². The van der Waals surface area contributed by atoms with Gasteiger partial charge in [0.25, 0.3) is 0 Å². The molecule has 1 aliphatic rings. The van der Waals surface area contributed by atoms with Gasteiger partial charge in [0.15, 0.2) is 5.11 Å². The Balaban J connectivity index is 1.65. The average Bonchev–Trinajstić information content (AvgIpc) is 2.96. The predicted molar refractivity (Wildman–Crippen MR) is 96.6 cm³/mol. The number of nitrogens with one attached hydrogen (secondary N) is 1. The zero-order chi connectivity index (χ0) is 17.2. The fourth-order valence-electron chi connectivity index (χ4n) is 2.73. The Labute approximate surface area is 149 Å². The molecule has 1 fully saturated rings. The van der Waals surface area contributed by atoms with Gasteiger partial charge in [0, 0.05) is 39.1 Å². The lowest BCUT2D eigenvalue weighted by atomic mass is 10.3. The average molecular weight is 353 g/mol. The van der Waals surface area contributed by atoms with E-state index in [2.05, 4.69) is 15.1 Å². The molecule has 6 nitrogen and oxygen atoms in total. The van der Waals surface area contributed by atoms with Crippen molar-refractivity contribution < 1.29 is 13.9 Å². The molecule has 0 radical (unpaired) electrons. The Morgan fingerprint density at radius 3 is 3.00 bits per heavy atom. The minimum atomic E-state index is -0.145. The van der Waals surface area contributed by atoms with Crippen LogP contribution in [0.4, 0.5) is 0 Å². The van der Waals surface area contributed by atoms with E-state index in [1.807, 2.05) is 19.1 Å². The first-order chi connectivity index (χ1) is 11.7. The van der Waals surface area contributed by atoms with Gasteiger partial charge in [-0.15, -0.1) is 0 Å². The Hall–Kier alpha value is -1.60. The maximum Gasteiger partial charge on any atom is 0.305 e. The number of esters is 1. The third-order valence-corrected chi connectivity index (χ3v) is 4.38. The summed E-state index contributed by atoms with van der Waals surface area (Å²) in [6.45, 7) is 7.67. The van der Waals surface area contributed by atoms with E-state index in [0.717, 1.165) is 56.4 Å². The fraction of sp³-hybridized carbons (Fsp3) is 0.647. The molecule has 24 heavy (non-hydrogen) atoms. The molecule has 1 N–H and O–H groups in total. The lowest BCUT2D eigenvalue weighted by molar-refractivity contribution is -0.143. The molecule has 0 saturated carbocycles. The van der Waals surface area contributed by atoms with E-state index in [0.29, 0.717) is 19.6 Å². The monoisotopic (exact) mass is 353 g/mol. The van der Waals surface area contributed by atoms with E-state index in [1.54, 1.807) is 6.26 Å². The van der Waals surface area contributed by atoms with Gasteiger partial charge in [-0.05, 0) is 44.1 Å². The number of ether oxygens (including phenoxy) is 1. The van der Waals surface area contributed by atoms with Crippen molar-refractivity contribution in [3.63, 3.8) is 0 Å². The van der Waals surface area contributed by atoms with Gasteiger partial charge in [-0.2, -0.15) is 0 Å². The smallest absolute Gasteiger partial charge is 0.305 e. The van der Waals surface area contributed by atoms with Crippen LogP contribution in [0, 0.1) is 0 Å². The lowest BCUT2D eigenvalue weighted by Gasteiger charge is -2.24. The molecule has 7 heteroatoms. The zero-order valence-corrected chi connectivity index (χ0v) is 15.1. The van der Waals surface area contributed by atoms with Crippen LogP contribution in [0.5, 0.6) is 0 Å². The van der Waals surface area contributed by atoms with E-state index < -0.39 is 0 Å². The maximum absolute atomic E-state index is 11.3. The summed E-state index contributed by atoms with van der Waals surface area (Å²) in [7, 11) is 0. The number of nitrogens with zero attached hydrogens (tertiary/aromatic N) is 2. The number of carbonyl (C=O) groups is 1. The van der Waals surface area contributed by atoms with Crippen LogP contribution in [-0.2, 0) is 16.1 Å². The van der Waals surface area contributed by atoms with Crippen molar-refractivity contribution in [2.75, 3.05) is 39.3 Å². The highest BCUT2D eigenvalue weighted by Crippen LogP contribution is 2.09. The number of hydrogen-bond donors (Lipinski definition) is 1. The van der Waals surface area contributed by atoms with Crippen LogP contribution in [0.2, 0.25) is 0 Å². The van der Waals surface area contributed by atoms with Crippen molar-refractivity contribution in [1.29, 1.82) is 0 Å². The molecule has 1 aromatic heterocycles. The van der Waals surface area contributed by atoms with Crippen LogP contribution in [0.1, 0.15) is 31.9 Å². The summed E-state index contributed by atoms with van der Waals surface area (Å²) in [5, 5.41) is 4.03. The van der Waals surface area contributed by atoms with Crippen LogP contribution in [0.15, 0.2) is 22.8 Å². The molecule has 134 valence electrons. The summed E-state index contributed by atoms with van der Waals surface area (Å²) >= 11 is 5.48. The lowest BCUT2D eigenvalue weighted by Crippen LogP contribution is -2.42. The van der Waals surface area contributed by atoms with Crippen molar-refractivity contribution in [3.8, 4) is 0 Å². The highest BCUT2D eigenvalue weighted by molar-refractivity contribution is 7.80. The fourth-order valence-corrected chi connectivity index (χ4v) is 3.01. The van der Waals surface area contributed by atoms with Gasteiger partial charge in [-0.3, -0.25) is 9.69 Å². The highest BCUT2D eigenvalue weighted by atomic mass is 32.1. The molecule has 0 aliphatic carbocycles. The van der Waals surface area contributed by atoms with Crippen LogP contribution in [0.3, 0.4) is 0 Å². The zero-order valence-electron chi connectivity index (χ0n) is 14.3. The molecule has 2 rings (SSSR count). The minimum absolute atomic E-state index is 0.145. The van der Waals surface area contributed by atoms with E-state index >= 15 is 0 Å². The first-order valence-corrected chi connectivity index (χ1v) is 9.03. The van der Waals surface area contributed by atoms with Crippen LogP contribution in [-0.4, -0.2) is 60.2 Å². The van der Waals surface area contributed by atoms with Crippen molar-refractivity contribution in [1.82, 2.24) is 15.1 Å². The number of rotatable bonds is 7. The van der Waals surface area contributed by atoms with Gasteiger partial charge in [-0.25, -0.2) is 0 Å². The summed E-state index contributed by atoms with van der Waals surface area (Å²) < 4.78 is 10.3. The first-order valence-electron chi connectivity index (χ1n) is 8.62. The Morgan fingerprint density at radius 1 is 1.38 bits per heavy atom. The van der Waals surface area contributed by atoms with Crippen molar-refractivity contribution in [3.05, 3.63) is 24.2 Å². The summed E-state index contributed by atoms with van der Waals surface area (Å²) in [6, 6.07) is 3.94. The second-order valence-electron chi connectivity index (χ2n) is 5.84. The molecule has 0 amide bonds. The molecule has 0 aromatic carbocycles. The van der Waals surface area contributed by atoms with E-state index in [9.17, 15) is 4.79 Å². The number of furan rings is 1. The van der Waals surface area contributed by atoms with E-state index in [1.165, 1.54) is 0 Å². The van der Waals surface area contributed by atoms with E-state index in [4.69, 9.17) is 21.4 Å². The molecule has 0 spiro atoms. The third kappa shape index (κ3) is 6.49. The van der Waals surface area contributed by atoms with Crippen LogP contribution < -0.4 is 5.32 Å². The van der Waals surface area contributed by atoms with Crippen molar-refractivity contribution in [2.24, 2.45) is 0 Å². The maximum atomic E-state index is 11.3. The van der Waals surface area contributed by atoms with Gasteiger partial charge in [0.05, 0.1) is 19.4 Å². The summed E-state index contributed by atoms with van der Waals surface area (Å²) in [4.78, 5) is 15.9. The van der Waals surface area contributed by atoms with Crippen LogP contribution in [0.25, 0.3) is 0 Å². The Kier molecular flexibility index (Phi) is 8.04. The number of thiocarbonyl (C=S) groups is 1. The van der Waals surface area contributed by atoms with Crippen LogP contribution >= 0.6 is 12.2 Å². The number of hydrogen-bond acceptors (Lipinski definition) is 5. The molecule has 1 aliphatic heterocycles. The summed E-state index contributed by atoms with van der Waals surface area (Å²) in [6.07, 6.45) is 3.96. The molecule has 0 unspecified atom stereocenters. The molecule has 0 atom stereocenters. The Bertz CT molecular complexity index is 507. The first kappa shape index (κ1) is 18.7. The molecule has 1 saturated heterocycles. The molecule has 2 heterocycles. The second-order valence-corrected chi connectivity index (χ2v) is 6.22.